The molecule has 1 fully saturated rings. The van der Waals surface area contributed by atoms with Crippen molar-refractivity contribution in [3.63, 3.8) is 0 Å². The molecule has 1 amide bonds. The van der Waals surface area contributed by atoms with Crippen molar-refractivity contribution in [3.05, 3.63) is 72.8 Å². The second-order valence-corrected chi connectivity index (χ2v) is 7.87. The van der Waals surface area contributed by atoms with Gasteiger partial charge in [-0.15, -0.1) is 0 Å². The molecule has 0 saturated carbocycles. The number of nitro benzene ring substituents is 1. The van der Waals surface area contributed by atoms with E-state index in [2.05, 4.69) is 35.3 Å². The minimum Gasteiger partial charge on any atom is -0.379 e. The van der Waals surface area contributed by atoms with E-state index in [1.165, 1.54) is 23.8 Å². The molecule has 0 spiro atoms. The summed E-state index contributed by atoms with van der Waals surface area (Å²) in [6, 6.07) is 12.6. The van der Waals surface area contributed by atoms with Gasteiger partial charge in [-0.1, -0.05) is 29.8 Å². The number of rotatable bonds is 6. The minimum absolute atomic E-state index is 0.0214. The van der Waals surface area contributed by atoms with Crippen LogP contribution in [-0.2, 0) is 4.74 Å². The Labute approximate surface area is 177 Å². The van der Waals surface area contributed by atoms with Gasteiger partial charge in [0.2, 0.25) is 0 Å². The average molecular weight is 495 g/mol. The molecule has 1 unspecified atom stereocenters. The molecule has 28 heavy (non-hydrogen) atoms. The molecule has 148 valence electrons. The fourth-order valence-corrected chi connectivity index (χ4v) is 4.05. The van der Waals surface area contributed by atoms with E-state index in [9.17, 15) is 14.9 Å². The molecule has 1 heterocycles. The molecule has 2 aromatic rings. The molecule has 1 atom stereocenters. The lowest BCUT2D eigenvalue weighted by atomic mass is 10.0. The van der Waals surface area contributed by atoms with E-state index < -0.39 is 4.92 Å². The number of halogens is 1. The summed E-state index contributed by atoms with van der Waals surface area (Å²) in [7, 11) is 0. The molecule has 0 bridgehead atoms. The summed E-state index contributed by atoms with van der Waals surface area (Å²) in [5.74, 6) is -0.231. The van der Waals surface area contributed by atoms with E-state index >= 15 is 0 Å². The largest absolute Gasteiger partial charge is 0.379 e. The van der Waals surface area contributed by atoms with Crippen LogP contribution in [0.25, 0.3) is 0 Å². The van der Waals surface area contributed by atoms with E-state index in [1.54, 1.807) is 0 Å². The average Bonchev–Trinajstić information content (AvgIpc) is 2.68. The lowest BCUT2D eigenvalue weighted by Gasteiger charge is -2.35. The fraction of sp³-hybridized carbons (Fsp3) is 0.350. The van der Waals surface area contributed by atoms with Crippen molar-refractivity contribution >= 4 is 34.2 Å². The first kappa shape index (κ1) is 20.7. The van der Waals surface area contributed by atoms with Crippen LogP contribution in [0, 0.1) is 20.6 Å². The molecule has 7 nitrogen and oxygen atoms in total. The number of ether oxygens (including phenoxy) is 1. The lowest BCUT2D eigenvalue weighted by molar-refractivity contribution is -0.384. The third-order valence-electron chi connectivity index (χ3n) is 4.78. The maximum atomic E-state index is 12.7. The zero-order valence-corrected chi connectivity index (χ0v) is 17.7. The standard InChI is InChI=1S/C20H22IN3O4/c1-14-3-2-4-15(11-14)19(23-7-9-28-10-8-23)13-22-20(25)17-6-5-16(24(26)27)12-18(17)21/h2-6,11-12,19H,7-10,13H2,1H3,(H,22,25). The first-order chi connectivity index (χ1) is 13.5. The fourth-order valence-electron chi connectivity index (χ4n) is 3.31. The molecular formula is C20H22IN3O4. The van der Waals surface area contributed by atoms with Gasteiger partial charge in [-0.3, -0.25) is 19.8 Å². The molecule has 0 aliphatic carbocycles. The topological polar surface area (TPSA) is 84.7 Å². The second kappa shape index (κ2) is 9.44. The molecule has 1 aliphatic rings. The number of hydrogen-bond donors (Lipinski definition) is 1. The Kier molecular flexibility index (Phi) is 6.97. The molecule has 0 aromatic heterocycles. The van der Waals surface area contributed by atoms with E-state index in [4.69, 9.17) is 4.74 Å². The number of carbonyl (C=O) groups is 1. The van der Waals surface area contributed by atoms with Crippen LogP contribution in [0.1, 0.15) is 27.5 Å². The van der Waals surface area contributed by atoms with Gasteiger partial charge in [-0.05, 0) is 41.1 Å². The quantitative estimate of drug-likeness (QED) is 0.378. The first-order valence-corrected chi connectivity index (χ1v) is 10.1. The van der Waals surface area contributed by atoms with Gasteiger partial charge in [0.15, 0.2) is 0 Å². The number of hydrogen-bond acceptors (Lipinski definition) is 5. The van der Waals surface area contributed by atoms with E-state index in [-0.39, 0.29) is 17.6 Å². The van der Waals surface area contributed by atoms with Crippen LogP contribution in [0.2, 0.25) is 0 Å². The molecule has 0 radical (unpaired) electrons. The van der Waals surface area contributed by atoms with E-state index in [0.717, 1.165) is 18.7 Å². The summed E-state index contributed by atoms with van der Waals surface area (Å²) in [5.41, 5.74) is 2.75. The number of carbonyl (C=O) groups excluding carboxylic acids is 1. The molecule has 3 rings (SSSR count). The molecule has 1 N–H and O–H groups in total. The normalized spacial score (nSPS) is 15.8. The van der Waals surface area contributed by atoms with Crippen LogP contribution < -0.4 is 5.32 Å². The van der Waals surface area contributed by atoms with Crippen LogP contribution in [0.5, 0.6) is 0 Å². The molecule has 1 saturated heterocycles. The van der Waals surface area contributed by atoms with E-state index in [1.807, 2.05) is 28.7 Å². The predicted octanol–water partition coefficient (Wildman–Crippen LogP) is 3.31. The number of amides is 1. The summed E-state index contributed by atoms with van der Waals surface area (Å²) in [4.78, 5) is 25.5. The Morgan fingerprint density at radius 1 is 1.29 bits per heavy atom. The molecular weight excluding hydrogens is 473 g/mol. The SMILES string of the molecule is Cc1cccc(C(CNC(=O)c2ccc([N+](=O)[O-])cc2I)N2CCOCC2)c1. The van der Waals surface area contributed by atoms with Crippen molar-refractivity contribution < 1.29 is 14.5 Å². The van der Waals surface area contributed by atoms with Crippen molar-refractivity contribution in [2.45, 2.75) is 13.0 Å². The lowest BCUT2D eigenvalue weighted by Crippen LogP contribution is -2.44. The van der Waals surface area contributed by atoms with Gasteiger partial charge < -0.3 is 10.1 Å². The number of nitrogens with zero attached hydrogens (tertiary/aromatic N) is 2. The predicted molar refractivity (Wildman–Crippen MR) is 114 cm³/mol. The highest BCUT2D eigenvalue weighted by molar-refractivity contribution is 14.1. The summed E-state index contributed by atoms with van der Waals surface area (Å²) in [5, 5.41) is 13.9. The highest BCUT2D eigenvalue weighted by Gasteiger charge is 2.24. The summed E-state index contributed by atoms with van der Waals surface area (Å²) in [6.45, 7) is 5.48. The number of nitrogens with one attached hydrogen (secondary N) is 1. The highest BCUT2D eigenvalue weighted by atomic mass is 127. The van der Waals surface area contributed by atoms with Crippen LogP contribution >= 0.6 is 22.6 Å². The Morgan fingerprint density at radius 2 is 2.04 bits per heavy atom. The zero-order valence-electron chi connectivity index (χ0n) is 15.6. The van der Waals surface area contributed by atoms with Crippen molar-refractivity contribution in [2.75, 3.05) is 32.8 Å². The maximum Gasteiger partial charge on any atom is 0.270 e. The van der Waals surface area contributed by atoms with Crippen LogP contribution in [-0.4, -0.2) is 48.6 Å². The number of aryl methyl sites for hydroxylation is 1. The third-order valence-corrected chi connectivity index (χ3v) is 5.67. The Hall–Kier alpha value is -2.04. The molecule has 2 aromatic carbocycles. The number of nitro groups is 1. The van der Waals surface area contributed by atoms with Crippen LogP contribution in [0.3, 0.4) is 0 Å². The zero-order chi connectivity index (χ0) is 20.1. The summed E-state index contributed by atoms with van der Waals surface area (Å²) >= 11 is 1.96. The Balaban J connectivity index is 1.76. The van der Waals surface area contributed by atoms with E-state index in [0.29, 0.717) is 28.9 Å². The number of non-ortho nitro benzene ring substituents is 1. The van der Waals surface area contributed by atoms with Gasteiger partial charge in [0.1, 0.15) is 0 Å². The van der Waals surface area contributed by atoms with Gasteiger partial charge in [0.25, 0.3) is 11.6 Å². The minimum atomic E-state index is -0.462. The Bertz CT molecular complexity index is 868. The second-order valence-electron chi connectivity index (χ2n) is 6.71. The van der Waals surface area contributed by atoms with Crippen molar-refractivity contribution in [3.8, 4) is 0 Å². The molecule has 8 heteroatoms. The smallest absolute Gasteiger partial charge is 0.270 e. The van der Waals surface area contributed by atoms with Gasteiger partial charge in [-0.2, -0.15) is 0 Å². The highest BCUT2D eigenvalue weighted by Crippen LogP contribution is 2.23. The number of benzene rings is 2. The van der Waals surface area contributed by atoms with Crippen molar-refractivity contribution in [2.24, 2.45) is 0 Å². The summed E-state index contributed by atoms with van der Waals surface area (Å²) in [6.07, 6.45) is 0. The van der Waals surface area contributed by atoms with Gasteiger partial charge in [0.05, 0.1) is 29.7 Å². The van der Waals surface area contributed by atoms with Gasteiger partial charge >= 0.3 is 0 Å². The third kappa shape index (κ3) is 5.06. The monoisotopic (exact) mass is 495 g/mol. The van der Waals surface area contributed by atoms with Gasteiger partial charge in [0, 0.05) is 35.3 Å². The van der Waals surface area contributed by atoms with Gasteiger partial charge in [-0.25, -0.2) is 0 Å². The maximum absolute atomic E-state index is 12.7. The first-order valence-electron chi connectivity index (χ1n) is 9.06. The van der Waals surface area contributed by atoms with Crippen LogP contribution in [0.4, 0.5) is 5.69 Å². The van der Waals surface area contributed by atoms with Crippen molar-refractivity contribution in [1.82, 2.24) is 10.2 Å². The molecule has 1 aliphatic heterocycles. The number of morpholine rings is 1. The van der Waals surface area contributed by atoms with Crippen LogP contribution in [0.15, 0.2) is 42.5 Å². The van der Waals surface area contributed by atoms with Crippen molar-refractivity contribution in [1.29, 1.82) is 0 Å². The Morgan fingerprint density at radius 3 is 2.68 bits per heavy atom. The summed E-state index contributed by atoms with van der Waals surface area (Å²) < 4.78 is 6.02.